The van der Waals surface area contributed by atoms with E-state index in [-0.39, 0.29) is 5.91 Å². The Morgan fingerprint density at radius 1 is 0.583 bits per heavy atom. The summed E-state index contributed by atoms with van der Waals surface area (Å²) in [5.74, 6) is 0.441. The number of rotatable bonds is 35. The molecule has 0 fully saturated rings. The highest BCUT2D eigenvalue weighted by atomic mass is 16.4. The summed E-state index contributed by atoms with van der Waals surface area (Å²) in [6.45, 7) is 9.20. The van der Waals surface area contributed by atoms with Gasteiger partial charge in [0.25, 0.3) is 0 Å². The number of carboxylic acid groups (broad SMARTS) is 1. The van der Waals surface area contributed by atoms with E-state index < -0.39 is 5.97 Å². The van der Waals surface area contributed by atoms with Gasteiger partial charge in [0.2, 0.25) is 5.91 Å². The van der Waals surface area contributed by atoms with Crippen molar-refractivity contribution < 1.29 is 14.7 Å². The number of carbonyl (C=O) groups excluding carboxylic acids is 2. The van der Waals surface area contributed by atoms with Crippen molar-refractivity contribution in [2.24, 2.45) is 4.99 Å². The van der Waals surface area contributed by atoms with Crippen LogP contribution in [0.1, 0.15) is 226 Å². The van der Waals surface area contributed by atoms with Gasteiger partial charge in [0.05, 0.1) is 12.4 Å². The van der Waals surface area contributed by atoms with Gasteiger partial charge in [0, 0.05) is 38.4 Å². The Morgan fingerprint density at radius 3 is 1.29 bits per heavy atom. The van der Waals surface area contributed by atoms with Crippen LogP contribution < -0.4 is 10.4 Å². The van der Waals surface area contributed by atoms with E-state index in [1.54, 1.807) is 0 Å². The van der Waals surface area contributed by atoms with Gasteiger partial charge in [0.15, 0.2) is 0 Å². The third-order valence-corrected chi connectivity index (χ3v) is 9.74. The number of nitrogens with zero attached hydrogens (tertiary/aromatic N) is 2. The Hall–Kier alpha value is -1.59. The van der Waals surface area contributed by atoms with Crippen molar-refractivity contribution in [3.05, 3.63) is 0 Å². The molecule has 0 spiro atoms. The molecule has 6 nitrogen and oxygen atoms in total. The van der Waals surface area contributed by atoms with Gasteiger partial charge in [-0.3, -0.25) is 9.79 Å². The standard InChI is InChI=1S/C40H79N3O.C2H4O2/c1-3-5-7-9-11-13-15-17-19-21-23-25-27-29-31-33-39-41-35-37-43(39)38-36-42-40(44)34-32-30-28-26-24-22-20-18-16-14-12-10-8-6-4-2;1-2(3)4/h3-38H2,1-2H3,(H,42,44);1H3,(H,3,4)/p-1. The first-order chi connectivity index (χ1) is 23.5. The molecule has 1 rings (SSSR count). The molecule has 0 radical (unpaired) electrons. The second-order valence-corrected chi connectivity index (χ2v) is 14.5. The van der Waals surface area contributed by atoms with Crippen LogP contribution in [0.2, 0.25) is 0 Å². The number of aliphatic imine (C=N–C) groups is 1. The Labute approximate surface area is 299 Å². The molecule has 1 aliphatic heterocycles. The van der Waals surface area contributed by atoms with Crippen LogP contribution in [0.25, 0.3) is 0 Å². The summed E-state index contributed by atoms with van der Waals surface area (Å²) >= 11 is 0. The quantitative estimate of drug-likeness (QED) is 0.0677. The summed E-state index contributed by atoms with van der Waals surface area (Å²) in [4.78, 5) is 28.4. The van der Waals surface area contributed by atoms with Crippen molar-refractivity contribution >= 4 is 17.7 Å². The van der Waals surface area contributed by atoms with Crippen LogP contribution in [0.4, 0.5) is 0 Å². The molecule has 0 aromatic carbocycles. The summed E-state index contributed by atoms with van der Waals surface area (Å²) in [5, 5.41) is 12.1. The Morgan fingerprint density at radius 2 is 0.917 bits per heavy atom. The molecule has 0 unspecified atom stereocenters. The van der Waals surface area contributed by atoms with Crippen molar-refractivity contribution in [1.29, 1.82) is 0 Å². The third kappa shape index (κ3) is 35.7. The van der Waals surface area contributed by atoms with Gasteiger partial charge in [-0.25, -0.2) is 0 Å². The number of hydrogen-bond acceptors (Lipinski definition) is 5. The number of unbranched alkanes of at least 4 members (excludes halogenated alkanes) is 28. The van der Waals surface area contributed by atoms with Crippen molar-refractivity contribution in [3.63, 3.8) is 0 Å². The molecule has 0 atom stereocenters. The lowest BCUT2D eigenvalue weighted by atomic mass is 10.0. The molecule has 6 heteroatoms. The highest BCUT2D eigenvalue weighted by Gasteiger charge is 2.16. The summed E-state index contributed by atoms with van der Waals surface area (Å²) in [6.07, 6.45) is 43.4. The molecule has 0 saturated heterocycles. The fourth-order valence-corrected chi connectivity index (χ4v) is 6.74. The number of aliphatic carboxylic acids is 1. The maximum absolute atomic E-state index is 12.3. The van der Waals surface area contributed by atoms with E-state index >= 15 is 0 Å². The van der Waals surface area contributed by atoms with Gasteiger partial charge in [-0.05, 0) is 19.8 Å². The lowest BCUT2D eigenvalue weighted by Crippen LogP contribution is -2.36. The zero-order valence-electron chi connectivity index (χ0n) is 32.6. The second-order valence-electron chi connectivity index (χ2n) is 14.5. The summed E-state index contributed by atoms with van der Waals surface area (Å²) in [7, 11) is 0. The third-order valence-electron chi connectivity index (χ3n) is 9.74. The SMILES string of the molecule is CC(=O)[O-].CCCCCCCCCCCCCCCCCC(=O)NCCN1CCN=C1CCCCCCCCCCCCCCCCC. The van der Waals surface area contributed by atoms with Gasteiger partial charge >= 0.3 is 0 Å². The normalized spacial score (nSPS) is 12.6. The van der Waals surface area contributed by atoms with Crippen LogP contribution in [-0.2, 0) is 9.59 Å². The number of carbonyl (C=O) groups is 2. The summed E-state index contributed by atoms with van der Waals surface area (Å²) in [5.41, 5.74) is 0. The molecule has 48 heavy (non-hydrogen) atoms. The highest BCUT2D eigenvalue weighted by molar-refractivity contribution is 5.83. The molecule has 0 saturated carbocycles. The topological polar surface area (TPSA) is 84.8 Å². The van der Waals surface area contributed by atoms with Crippen LogP contribution >= 0.6 is 0 Å². The Balaban J connectivity index is 0.00000520. The van der Waals surface area contributed by atoms with E-state index in [1.165, 1.54) is 192 Å². The van der Waals surface area contributed by atoms with Gasteiger partial charge in [-0.2, -0.15) is 0 Å². The molecule has 0 aromatic rings. The van der Waals surface area contributed by atoms with E-state index in [4.69, 9.17) is 14.9 Å². The second kappa shape index (κ2) is 38.2. The van der Waals surface area contributed by atoms with Crippen molar-refractivity contribution in [3.8, 4) is 0 Å². The van der Waals surface area contributed by atoms with Crippen molar-refractivity contribution in [2.75, 3.05) is 26.2 Å². The maximum Gasteiger partial charge on any atom is 0.220 e. The van der Waals surface area contributed by atoms with Crippen LogP contribution in [0.3, 0.4) is 0 Å². The van der Waals surface area contributed by atoms with E-state index in [9.17, 15) is 4.79 Å². The fraction of sp³-hybridized carbons (Fsp3) is 0.929. The van der Waals surface area contributed by atoms with Crippen LogP contribution in [-0.4, -0.2) is 48.8 Å². The molecule has 0 bridgehead atoms. The first-order valence-corrected chi connectivity index (χ1v) is 21.2. The molecule has 1 N–H and O–H groups in total. The van der Waals surface area contributed by atoms with Gasteiger partial charge in [0.1, 0.15) is 0 Å². The number of hydrogen-bond donors (Lipinski definition) is 1. The minimum atomic E-state index is -1.08. The number of carboxylic acids is 1. The minimum absolute atomic E-state index is 0.236. The van der Waals surface area contributed by atoms with E-state index in [1.807, 2.05) is 0 Å². The molecule has 1 amide bonds. The van der Waals surface area contributed by atoms with E-state index in [0.29, 0.717) is 6.42 Å². The monoisotopic (exact) mass is 677 g/mol. The van der Waals surface area contributed by atoms with Crippen molar-refractivity contribution in [2.45, 2.75) is 226 Å². The predicted octanol–water partition coefficient (Wildman–Crippen LogP) is 11.1. The summed E-state index contributed by atoms with van der Waals surface area (Å²) in [6, 6.07) is 0. The maximum atomic E-state index is 12.3. The highest BCUT2D eigenvalue weighted by Crippen LogP contribution is 2.16. The zero-order valence-corrected chi connectivity index (χ0v) is 32.6. The molecule has 0 aliphatic carbocycles. The average molecular weight is 677 g/mol. The summed E-state index contributed by atoms with van der Waals surface area (Å²) < 4.78 is 0. The molecular weight excluding hydrogens is 594 g/mol. The molecule has 284 valence electrons. The lowest BCUT2D eigenvalue weighted by Gasteiger charge is -2.20. The van der Waals surface area contributed by atoms with E-state index in [0.717, 1.165) is 45.9 Å². The molecule has 1 aliphatic rings. The number of nitrogens with one attached hydrogen (secondary N) is 1. The molecule has 0 aromatic heterocycles. The number of amidine groups is 1. The largest absolute Gasteiger partial charge is 0.550 e. The smallest absolute Gasteiger partial charge is 0.220 e. The zero-order chi connectivity index (χ0) is 35.2. The number of amides is 1. The Bertz CT molecular complexity index is 723. The fourth-order valence-electron chi connectivity index (χ4n) is 6.74. The van der Waals surface area contributed by atoms with Gasteiger partial charge in [-0.15, -0.1) is 0 Å². The molecular formula is C42H82N3O3-. The van der Waals surface area contributed by atoms with Crippen LogP contribution in [0, 0.1) is 0 Å². The van der Waals surface area contributed by atoms with Gasteiger partial charge < -0.3 is 20.1 Å². The van der Waals surface area contributed by atoms with Crippen molar-refractivity contribution in [1.82, 2.24) is 10.2 Å². The van der Waals surface area contributed by atoms with E-state index in [2.05, 4.69) is 24.1 Å². The van der Waals surface area contributed by atoms with Crippen LogP contribution in [0.15, 0.2) is 4.99 Å². The Kier molecular flexibility index (Phi) is 36.9. The predicted molar refractivity (Wildman–Crippen MR) is 207 cm³/mol. The van der Waals surface area contributed by atoms with Crippen LogP contribution in [0.5, 0.6) is 0 Å². The first kappa shape index (κ1) is 46.4. The molecule has 1 heterocycles. The average Bonchev–Trinajstić information content (AvgIpc) is 3.51. The van der Waals surface area contributed by atoms with Gasteiger partial charge in [-0.1, -0.05) is 194 Å². The minimum Gasteiger partial charge on any atom is -0.550 e. The lowest BCUT2D eigenvalue weighted by molar-refractivity contribution is -0.302. The first-order valence-electron chi connectivity index (χ1n) is 21.2.